The van der Waals surface area contributed by atoms with Crippen molar-refractivity contribution >= 4 is 14.1 Å². The monoisotopic (exact) mass is 577 g/mol. The van der Waals surface area contributed by atoms with E-state index in [1.54, 1.807) is 0 Å². The minimum absolute atomic E-state index is 0.724. The number of carbonyl (C=O) groups is 1. The van der Waals surface area contributed by atoms with Crippen LogP contribution in [-0.2, 0) is 4.79 Å². The molecule has 0 aromatic carbocycles. The number of amides is 1. The third-order valence-corrected chi connectivity index (χ3v) is 8.82. The van der Waals surface area contributed by atoms with Gasteiger partial charge in [-0.05, 0) is 6.04 Å². The van der Waals surface area contributed by atoms with Crippen LogP contribution in [0, 0.1) is 0 Å². The van der Waals surface area contributed by atoms with Crippen LogP contribution < -0.4 is 0 Å². The highest BCUT2D eigenvalue weighted by atomic mass is 28.3. The van der Waals surface area contributed by atoms with E-state index in [1.807, 2.05) is 0 Å². The molecule has 0 aliphatic heterocycles. The molecule has 0 bridgehead atoms. The maximum absolute atomic E-state index is 13.9. The predicted octanol–water partition coefficient (Wildman–Crippen LogP) is 7.07. The molecule has 0 rings (SSSR count). The van der Waals surface area contributed by atoms with Gasteiger partial charge >= 0.3 is 47.6 Å². The molecular weight excluding hydrogens is 561 g/mol. The molecule has 35 heavy (non-hydrogen) atoms. The largest absolute Gasteiger partial charge is 0.460 e. The van der Waals surface area contributed by atoms with Gasteiger partial charge in [0, 0.05) is 20.4 Å². The lowest BCUT2D eigenvalue weighted by atomic mass is 9.88. The molecule has 0 heterocycles. The third-order valence-electron chi connectivity index (χ3n) is 5.22. The topological polar surface area (TPSA) is 20.3 Å². The lowest BCUT2D eigenvalue weighted by Gasteiger charge is -2.43. The van der Waals surface area contributed by atoms with Crippen LogP contribution in [-0.4, -0.2) is 73.4 Å². The van der Waals surface area contributed by atoms with Gasteiger partial charge in [0.1, 0.15) is 0 Å². The Morgan fingerprint density at radius 2 is 0.886 bits per heavy atom. The molecular formula is C15H16F17NOSi. The molecule has 0 aromatic heterocycles. The van der Waals surface area contributed by atoms with E-state index in [0.29, 0.717) is 0 Å². The first kappa shape index (κ1) is 33.5. The van der Waals surface area contributed by atoms with E-state index in [-0.39, 0.29) is 0 Å². The minimum atomic E-state index is -8.63. The second-order valence-corrected chi connectivity index (χ2v) is 12.8. The van der Waals surface area contributed by atoms with Gasteiger partial charge in [-0.1, -0.05) is 13.1 Å². The fourth-order valence-electron chi connectivity index (χ4n) is 2.41. The Hall–Kier alpha value is -1.50. The Kier molecular flexibility index (Phi) is 8.43. The Morgan fingerprint density at radius 3 is 1.17 bits per heavy atom. The van der Waals surface area contributed by atoms with Crippen molar-refractivity contribution < 1.29 is 79.4 Å². The summed E-state index contributed by atoms with van der Waals surface area (Å²) in [5.41, 5.74) is 0. The van der Waals surface area contributed by atoms with Gasteiger partial charge in [-0.3, -0.25) is 4.79 Å². The quantitative estimate of drug-likeness (QED) is 0.201. The molecule has 210 valence electrons. The van der Waals surface area contributed by atoms with Crippen LogP contribution in [0.5, 0.6) is 0 Å². The summed E-state index contributed by atoms with van der Waals surface area (Å²) in [6.07, 6.45) is -10.3. The average Bonchev–Trinajstić information content (AvgIpc) is 2.63. The van der Waals surface area contributed by atoms with Crippen molar-refractivity contribution in [2.24, 2.45) is 0 Å². The highest BCUT2D eigenvalue weighted by molar-refractivity contribution is 6.76. The summed E-state index contributed by atoms with van der Waals surface area (Å²) in [4.78, 5) is 11.3. The van der Waals surface area contributed by atoms with E-state index in [4.69, 9.17) is 0 Å². The van der Waals surface area contributed by atoms with Crippen LogP contribution >= 0.6 is 0 Å². The molecule has 0 radical (unpaired) electrons. The van der Waals surface area contributed by atoms with Gasteiger partial charge in [-0.15, -0.1) is 0 Å². The van der Waals surface area contributed by atoms with Crippen LogP contribution in [0.4, 0.5) is 74.6 Å². The first-order valence-electron chi connectivity index (χ1n) is 8.77. The molecule has 0 spiro atoms. The average molecular weight is 577 g/mol. The number of hydrogen-bond acceptors (Lipinski definition) is 1. The van der Waals surface area contributed by atoms with E-state index < -0.39 is 74.2 Å². The lowest BCUT2D eigenvalue weighted by Crippen LogP contribution is -2.74. The van der Waals surface area contributed by atoms with Gasteiger partial charge in [-0.2, -0.15) is 74.6 Å². The summed E-state index contributed by atoms with van der Waals surface area (Å²) in [5, 5.41) is 0. The van der Waals surface area contributed by atoms with Crippen LogP contribution in [0.1, 0.15) is 13.3 Å². The van der Waals surface area contributed by atoms with Crippen molar-refractivity contribution in [2.75, 3.05) is 7.05 Å². The zero-order valence-electron chi connectivity index (χ0n) is 17.7. The minimum Gasteiger partial charge on any atom is -0.373 e. The van der Waals surface area contributed by atoms with Crippen molar-refractivity contribution in [2.45, 2.75) is 80.1 Å². The summed E-state index contributed by atoms with van der Waals surface area (Å²) in [6.45, 7) is 2.89. The first-order valence-corrected chi connectivity index (χ1v) is 11.9. The standard InChI is InChI=1S/C15H16F17NOSi/c1-7(34)33(2)35(3,4)6-5-8(16,17)9(18,19)10(20,21)11(22,23)12(24,25)13(26,27)14(28,29)15(30,31)32/h5-6H2,1-4H3. The number of rotatable bonds is 10. The molecule has 0 aliphatic rings. The van der Waals surface area contributed by atoms with E-state index in [9.17, 15) is 79.4 Å². The summed E-state index contributed by atoms with van der Waals surface area (Å²) in [6, 6.07) is -1.29. The summed E-state index contributed by atoms with van der Waals surface area (Å²) >= 11 is 0. The maximum atomic E-state index is 13.9. The lowest BCUT2D eigenvalue weighted by molar-refractivity contribution is -0.461. The normalized spacial score (nSPS) is 15.9. The Bertz CT molecular complexity index is 789. The smallest absolute Gasteiger partial charge is 0.373 e. The van der Waals surface area contributed by atoms with Crippen molar-refractivity contribution in [3.63, 3.8) is 0 Å². The molecule has 0 atom stereocenters. The molecule has 0 aliphatic carbocycles. The number of nitrogens with zero attached hydrogens (tertiary/aromatic N) is 1. The van der Waals surface area contributed by atoms with Gasteiger partial charge in [0.05, 0.1) is 0 Å². The van der Waals surface area contributed by atoms with E-state index in [1.165, 1.54) is 0 Å². The van der Waals surface area contributed by atoms with Crippen molar-refractivity contribution in [3.8, 4) is 0 Å². The molecule has 0 unspecified atom stereocenters. The van der Waals surface area contributed by atoms with Crippen LogP contribution in [0.2, 0.25) is 19.1 Å². The molecule has 20 heteroatoms. The molecule has 0 fully saturated rings. The summed E-state index contributed by atoms with van der Waals surface area (Å²) < 4.78 is 226. The highest BCUT2D eigenvalue weighted by Gasteiger charge is 2.95. The number of carbonyl (C=O) groups excluding carboxylic acids is 1. The van der Waals surface area contributed by atoms with Gasteiger partial charge < -0.3 is 4.57 Å². The number of hydrogen-bond donors (Lipinski definition) is 0. The maximum Gasteiger partial charge on any atom is 0.460 e. The van der Waals surface area contributed by atoms with E-state index in [2.05, 4.69) is 0 Å². The van der Waals surface area contributed by atoms with Gasteiger partial charge in [0.2, 0.25) is 5.91 Å². The molecule has 0 saturated heterocycles. The van der Waals surface area contributed by atoms with E-state index in [0.717, 1.165) is 31.6 Å². The second kappa shape index (κ2) is 8.81. The van der Waals surface area contributed by atoms with Crippen molar-refractivity contribution in [1.29, 1.82) is 0 Å². The van der Waals surface area contributed by atoms with Crippen LogP contribution in [0.3, 0.4) is 0 Å². The fourth-order valence-corrected chi connectivity index (χ4v) is 4.52. The van der Waals surface area contributed by atoms with Gasteiger partial charge in [0.25, 0.3) is 0 Å². The molecule has 0 saturated carbocycles. The van der Waals surface area contributed by atoms with Crippen LogP contribution in [0.25, 0.3) is 0 Å². The molecule has 0 N–H and O–H groups in total. The first-order chi connectivity index (χ1) is 14.8. The zero-order valence-corrected chi connectivity index (χ0v) is 18.7. The Balaban J connectivity index is 6.52. The van der Waals surface area contributed by atoms with Crippen molar-refractivity contribution in [1.82, 2.24) is 4.57 Å². The predicted molar refractivity (Wildman–Crippen MR) is 86.0 cm³/mol. The Labute approximate surface area is 186 Å². The Morgan fingerprint density at radius 1 is 0.600 bits per heavy atom. The molecule has 0 aromatic rings. The fraction of sp³-hybridized carbons (Fsp3) is 0.933. The summed E-state index contributed by atoms with van der Waals surface area (Å²) in [7, 11) is -2.57. The van der Waals surface area contributed by atoms with Gasteiger partial charge in [0.15, 0.2) is 8.24 Å². The zero-order chi connectivity index (χ0) is 29.1. The molecule has 2 nitrogen and oxygen atoms in total. The van der Waals surface area contributed by atoms with Crippen molar-refractivity contribution in [3.05, 3.63) is 0 Å². The molecule has 1 amide bonds. The summed E-state index contributed by atoms with van der Waals surface area (Å²) in [5.74, 6) is -57.2. The SMILES string of the molecule is CC(=O)N(C)[Si](C)(C)CCC(F)(F)C(F)(F)C(F)(F)C(F)(F)C(F)(F)C(F)(F)C(F)(F)C(F)(F)F. The highest BCUT2D eigenvalue weighted by Crippen LogP contribution is 2.64. The van der Waals surface area contributed by atoms with Crippen LogP contribution in [0.15, 0.2) is 0 Å². The second-order valence-electron chi connectivity index (χ2n) is 8.04. The number of halogens is 17. The van der Waals surface area contributed by atoms with E-state index >= 15 is 0 Å². The third kappa shape index (κ3) is 4.91. The van der Waals surface area contributed by atoms with Gasteiger partial charge in [-0.25, -0.2) is 0 Å². The number of alkyl halides is 17.